The predicted octanol–water partition coefficient (Wildman–Crippen LogP) is 6.20. The second-order valence-electron chi connectivity index (χ2n) is 6.85. The fraction of sp³-hybridized carbons (Fsp3) is 0.650. The summed E-state index contributed by atoms with van der Waals surface area (Å²) in [6, 6.07) is 2.49. The summed E-state index contributed by atoms with van der Waals surface area (Å²) in [7, 11) is 0. The Morgan fingerprint density at radius 2 is 2.00 bits per heavy atom. The molecule has 0 aromatic carbocycles. The zero-order valence-corrected chi connectivity index (χ0v) is 14.4. The van der Waals surface area contributed by atoms with E-state index in [-0.39, 0.29) is 5.92 Å². The third-order valence-corrected chi connectivity index (χ3v) is 4.41. The summed E-state index contributed by atoms with van der Waals surface area (Å²) in [5.41, 5.74) is 4.44. The first kappa shape index (κ1) is 17.8. The molecular formula is C20H31N. The second-order valence-corrected chi connectivity index (χ2v) is 6.85. The van der Waals surface area contributed by atoms with Gasteiger partial charge in [0.05, 0.1) is 12.0 Å². The average Bonchev–Trinajstić information content (AvgIpc) is 2.81. The Morgan fingerprint density at radius 1 is 1.29 bits per heavy atom. The van der Waals surface area contributed by atoms with Gasteiger partial charge in [-0.15, -0.1) is 0 Å². The Hall–Kier alpha value is -1.29. The molecule has 0 N–H and O–H groups in total. The lowest BCUT2D eigenvalue weighted by atomic mass is 9.81. The lowest BCUT2D eigenvalue weighted by molar-refractivity contribution is 0.421. The third-order valence-electron chi connectivity index (χ3n) is 4.41. The third kappa shape index (κ3) is 5.54. The van der Waals surface area contributed by atoms with E-state index in [2.05, 4.69) is 58.9 Å². The highest BCUT2D eigenvalue weighted by atomic mass is 14.3. The first-order chi connectivity index (χ1) is 9.99. The summed E-state index contributed by atoms with van der Waals surface area (Å²) in [5.74, 6) is 1.27. The molecule has 1 heteroatoms. The van der Waals surface area contributed by atoms with Crippen molar-refractivity contribution >= 4 is 0 Å². The number of hydrogen-bond acceptors (Lipinski definition) is 1. The smallest absolute Gasteiger partial charge is 0.0659 e. The summed E-state index contributed by atoms with van der Waals surface area (Å²) < 4.78 is 0. The molecule has 0 saturated heterocycles. The van der Waals surface area contributed by atoms with E-state index in [1.807, 2.05) is 0 Å². The molecule has 0 amide bonds. The molecule has 1 rings (SSSR count). The summed E-state index contributed by atoms with van der Waals surface area (Å²) in [6.45, 7) is 10.9. The van der Waals surface area contributed by atoms with Crippen LogP contribution in [0.5, 0.6) is 0 Å². The first-order valence-corrected chi connectivity index (χ1v) is 8.39. The van der Waals surface area contributed by atoms with E-state index in [1.165, 1.54) is 29.6 Å². The minimum atomic E-state index is 0.106. The van der Waals surface area contributed by atoms with Crippen molar-refractivity contribution in [2.45, 2.75) is 66.7 Å². The van der Waals surface area contributed by atoms with E-state index in [0.717, 1.165) is 25.2 Å². The van der Waals surface area contributed by atoms with Crippen LogP contribution in [0.3, 0.4) is 0 Å². The van der Waals surface area contributed by atoms with Crippen LogP contribution in [-0.4, -0.2) is 0 Å². The largest absolute Gasteiger partial charge is 0.198 e. The van der Waals surface area contributed by atoms with Crippen molar-refractivity contribution in [1.82, 2.24) is 0 Å². The molecule has 0 spiro atoms. The Labute approximate surface area is 131 Å². The number of nitriles is 1. The minimum Gasteiger partial charge on any atom is -0.198 e. The first-order valence-electron chi connectivity index (χ1n) is 8.39. The predicted molar refractivity (Wildman–Crippen MR) is 91.8 cm³/mol. The van der Waals surface area contributed by atoms with Gasteiger partial charge in [0.25, 0.3) is 0 Å². The number of rotatable bonds is 8. The molecule has 1 aliphatic carbocycles. The molecule has 0 bridgehead atoms. The Bertz CT molecular complexity index is 457. The summed E-state index contributed by atoms with van der Waals surface area (Å²) in [5, 5.41) is 9.40. The molecule has 0 radical (unpaired) electrons. The molecular weight excluding hydrogens is 254 g/mol. The summed E-state index contributed by atoms with van der Waals surface area (Å²) in [4.78, 5) is 0. The van der Waals surface area contributed by atoms with Gasteiger partial charge in [0.15, 0.2) is 0 Å². The number of nitrogens with zero attached hydrogens (tertiary/aromatic N) is 1. The van der Waals surface area contributed by atoms with Crippen LogP contribution in [0.1, 0.15) is 66.7 Å². The lowest BCUT2D eigenvalue weighted by Gasteiger charge is -2.22. The van der Waals surface area contributed by atoms with Gasteiger partial charge in [0, 0.05) is 0 Å². The SMILES string of the molecule is C/C=C\CC1=C(C(CCCC(C)C)C(C)C#N)C=C(C)C1. The molecule has 2 atom stereocenters. The normalized spacial score (nSPS) is 18.2. The van der Waals surface area contributed by atoms with E-state index in [0.29, 0.717) is 5.92 Å². The van der Waals surface area contributed by atoms with Gasteiger partial charge in [-0.2, -0.15) is 5.26 Å². The van der Waals surface area contributed by atoms with Crippen molar-refractivity contribution in [3.05, 3.63) is 34.9 Å². The van der Waals surface area contributed by atoms with Gasteiger partial charge in [-0.1, -0.05) is 56.1 Å². The molecule has 1 aliphatic rings. The van der Waals surface area contributed by atoms with Crippen LogP contribution < -0.4 is 0 Å². The van der Waals surface area contributed by atoms with E-state index < -0.39 is 0 Å². The molecule has 0 aromatic heterocycles. The maximum atomic E-state index is 9.40. The second kappa shape index (κ2) is 8.88. The zero-order chi connectivity index (χ0) is 15.8. The lowest BCUT2D eigenvalue weighted by Crippen LogP contribution is -2.13. The molecule has 2 unspecified atom stereocenters. The van der Waals surface area contributed by atoms with Gasteiger partial charge in [-0.3, -0.25) is 0 Å². The number of hydrogen-bond donors (Lipinski definition) is 0. The van der Waals surface area contributed by atoms with Gasteiger partial charge in [-0.05, 0) is 57.4 Å². The highest BCUT2D eigenvalue weighted by Gasteiger charge is 2.25. The topological polar surface area (TPSA) is 23.8 Å². The maximum absolute atomic E-state index is 9.40. The summed E-state index contributed by atoms with van der Waals surface area (Å²) >= 11 is 0. The van der Waals surface area contributed by atoms with Crippen LogP contribution in [0.4, 0.5) is 0 Å². The molecule has 0 aromatic rings. The van der Waals surface area contributed by atoms with Gasteiger partial charge in [0.1, 0.15) is 0 Å². The van der Waals surface area contributed by atoms with Gasteiger partial charge in [0.2, 0.25) is 0 Å². The van der Waals surface area contributed by atoms with E-state index in [4.69, 9.17) is 0 Å². The molecule has 1 nitrogen and oxygen atoms in total. The number of allylic oxidation sites excluding steroid dienone is 6. The van der Waals surface area contributed by atoms with Gasteiger partial charge < -0.3 is 0 Å². The quantitative estimate of drug-likeness (QED) is 0.487. The van der Waals surface area contributed by atoms with E-state index >= 15 is 0 Å². The van der Waals surface area contributed by atoms with Crippen LogP contribution in [-0.2, 0) is 0 Å². The fourth-order valence-corrected chi connectivity index (χ4v) is 3.19. The van der Waals surface area contributed by atoms with Crippen molar-refractivity contribution in [2.24, 2.45) is 17.8 Å². The Kier molecular flexibility index (Phi) is 7.51. The molecule has 116 valence electrons. The molecule has 21 heavy (non-hydrogen) atoms. The van der Waals surface area contributed by atoms with Crippen molar-refractivity contribution in [3.8, 4) is 6.07 Å². The standard InChI is InChI=1S/C20H31N/c1-6-7-10-18-12-16(4)13-20(18)19(17(5)14-21)11-8-9-15(2)3/h6-7,13,15,17,19H,8-12H2,1-5H3/b7-6-. The average molecular weight is 285 g/mol. The molecule has 0 fully saturated rings. The van der Waals surface area contributed by atoms with E-state index in [1.54, 1.807) is 0 Å². The molecule has 0 aliphatic heterocycles. The van der Waals surface area contributed by atoms with Crippen molar-refractivity contribution < 1.29 is 0 Å². The molecule has 0 saturated carbocycles. The summed E-state index contributed by atoms with van der Waals surface area (Å²) in [6.07, 6.45) is 12.5. The maximum Gasteiger partial charge on any atom is 0.0659 e. The highest BCUT2D eigenvalue weighted by Crippen LogP contribution is 2.38. The van der Waals surface area contributed by atoms with Gasteiger partial charge >= 0.3 is 0 Å². The van der Waals surface area contributed by atoms with Crippen LogP contribution in [0, 0.1) is 29.1 Å². The van der Waals surface area contributed by atoms with E-state index in [9.17, 15) is 5.26 Å². The van der Waals surface area contributed by atoms with Crippen LogP contribution >= 0.6 is 0 Å². The highest BCUT2D eigenvalue weighted by molar-refractivity contribution is 5.41. The van der Waals surface area contributed by atoms with Crippen LogP contribution in [0.2, 0.25) is 0 Å². The van der Waals surface area contributed by atoms with Crippen molar-refractivity contribution in [2.75, 3.05) is 0 Å². The van der Waals surface area contributed by atoms with Crippen molar-refractivity contribution in [3.63, 3.8) is 0 Å². The minimum absolute atomic E-state index is 0.106. The van der Waals surface area contributed by atoms with Gasteiger partial charge in [-0.25, -0.2) is 0 Å². The van der Waals surface area contributed by atoms with Crippen LogP contribution in [0.25, 0.3) is 0 Å². The fourth-order valence-electron chi connectivity index (χ4n) is 3.19. The Morgan fingerprint density at radius 3 is 2.57 bits per heavy atom. The zero-order valence-electron chi connectivity index (χ0n) is 14.4. The van der Waals surface area contributed by atoms with Crippen LogP contribution in [0.15, 0.2) is 34.9 Å². The van der Waals surface area contributed by atoms with Crippen molar-refractivity contribution in [1.29, 1.82) is 5.26 Å². The molecule has 0 heterocycles. The Balaban J connectivity index is 2.90. The monoisotopic (exact) mass is 285 g/mol.